The van der Waals surface area contributed by atoms with E-state index in [1.165, 1.54) is 0 Å². The van der Waals surface area contributed by atoms with Gasteiger partial charge in [0.25, 0.3) is 0 Å². The highest BCUT2D eigenvalue weighted by molar-refractivity contribution is 5.90. The fourth-order valence-corrected chi connectivity index (χ4v) is 3.93. The van der Waals surface area contributed by atoms with Crippen LogP contribution in [0.4, 0.5) is 5.69 Å². The summed E-state index contributed by atoms with van der Waals surface area (Å²) in [5.74, 6) is 12.6. The molecule has 0 fully saturated rings. The average Bonchev–Trinajstić information content (AvgIpc) is 3.08. The van der Waals surface area contributed by atoms with E-state index in [-0.39, 0.29) is 24.1 Å². The van der Waals surface area contributed by atoms with Crippen LogP contribution in [-0.2, 0) is 18.9 Å². The molecule has 0 aliphatic rings. The van der Waals surface area contributed by atoms with Gasteiger partial charge in [-0.25, -0.2) is 9.59 Å². The van der Waals surface area contributed by atoms with Crippen molar-refractivity contribution in [3.05, 3.63) is 59.7 Å². The summed E-state index contributed by atoms with van der Waals surface area (Å²) in [7, 11) is 0. The van der Waals surface area contributed by atoms with Crippen LogP contribution in [0.2, 0.25) is 0 Å². The minimum Gasteiger partial charge on any atom is -0.481 e. The molecule has 2 aromatic rings. The zero-order chi connectivity index (χ0) is 41.2. The highest BCUT2D eigenvalue weighted by Gasteiger charge is 2.19. The number of esters is 2. The molecular weight excluding hydrogens is 681 g/mol. The Labute approximate surface area is 325 Å². The van der Waals surface area contributed by atoms with E-state index in [9.17, 15) is 9.59 Å². The lowest BCUT2D eigenvalue weighted by molar-refractivity contribution is -0.0363. The minimum absolute atomic E-state index is 0.109. The van der Waals surface area contributed by atoms with Crippen LogP contribution in [0.1, 0.15) is 83.0 Å². The van der Waals surface area contributed by atoms with Crippen molar-refractivity contribution < 1.29 is 33.3 Å². The Kier molecular flexibility index (Phi) is 23.1. The first-order valence-electron chi connectivity index (χ1n) is 17.4. The molecule has 0 N–H and O–H groups in total. The Bertz CT molecular complexity index is 1580. The summed E-state index contributed by atoms with van der Waals surface area (Å²) in [5.41, 5.74) is 0.776. The lowest BCUT2D eigenvalue weighted by Gasteiger charge is -2.21. The Morgan fingerprint density at radius 1 is 0.574 bits per heavy atom. The van der Waals surface area contributed by atoms with Crippen molar-refractivity contribution in [2.75, 3.05) is 64.1 Å². The molecule has 54 heavy (non-hydrogen) atoms. The second-order valence-corrected chi connectivity index (χ2v) is 14.5. The van der Waals surface area contributed by atoms with Gasteiger partial charge in [0.2, 0.25) is 0 Å². The van der Waals surface area contributed by atoms with E-state index in [0.717, 1.165) is 12.2 Å². The van der Waals surface area contributed by atoms with Crippen molar-refractivity contribution in [1.29, 1.82) is 0 Å². The lowest BCUT2D eigenvalue weighted by atomic mass is 10.1. The lowest BCUT2D eigenvalue weighted by Crippen LogP contribution is -2.29. The summed E-state index contributed by atoms with van der Waals surface area (Å²) in [4.78, 5) is 27.4. The smallest absolute Gasteiger partial charge is 0.338 e. The van der Waals surface area contributed by atoms with Gasteiger partial charge in [0.05, 0.1) is 62.7 Å². The van der Waals surface area contributed by atoms with Gasteiger partial charge < -0.3 is 28.6 Å². The molecule has 0 bridgehead atoms. The maximum atomic E-state index is 11.9. The third-order valence-corrected chi connectivity index (χ3v) is 6.19. The summed E-state index contributed by atoms with van der Waals surface area (Å²) in [5, 5.41) is 0. The maximum absolute atomic E-state index is 11.9. The van der Waals surface area contributed by atoms with Gasteiger partial charge in [0, 0.05) is 12.2 Å². The molecule has 0 heterocycles. The molecule has 0 spiro atoms. The monoisotopic (exact) mass is 738 g/mol. The van der Waals surface area contributed by atoms with Crippen LogP contribution in [0.25, 0.3) is 0 Å². The van der Waals surface area contributed by atoms with Crippen LogP contribution in [0.15, 0.2) is 48.5 Å². The first-order valence-corrected chi connectivity index (χ1v) is 17.4. The normalized spacial score (nSPS) is 10.6. The Balaban J connectivity index is 0.000000784. The van der Waals surface area contributed by atoms with Gasteiger partial charge in [-0.2, -0.15) is 0 Å². The Hall–Kier alpha value is -5.34. The number of carbonyl (C=O) groups excluding carboxylic acids is 2. The molecule has 0 aromatic heterocycles. The van der Waals surface area contributed by atoms with Gasteiger partial charge in [0.15, 0.2) is 0 Å². The quantitative estimate of drug-likeness (QED) is 0.112. The van der Waals surface area contributed by atoms with Gasteiger partial charge >= 0.3 is 11.9 Å². The van der Waals surface area contributed by atoms with E-state index < -0.39 is 11.2 Å². The van der Waals surface area contributed by atoms with Crippen LogP contribution in [0.5, 0.6) is 5.75 Å². The van der Waals surface area contributed by atoms with Crippen LogP contribution in [0, 0.1) is 61.7 Å². The molecular formula is C45H58N2O7. The third-order valence-electron chi connectivity index (χ3n) is 6.19. The van der Waals surface area contributed by atoms with Crippen molar-refractivity contribution in [2.24, 2.45) is 0 Å². The van der Waals surface area contributed by atoms with Crippen molar-refractivity contribution in [2.45, 2.75) is 79.1 Å². The highest BCUT2D eigenvalue weighted by atomic mass is 16.6. The first-order chi connectivity index (χ1) is 25.3. The molecule has 0 aliphatic carbocycles. The number of benzene rings is 2. The zero-order valence-corrected chi connectivity index (χ0v) is 33.6. The second kappa shape index (κ2) is 25.6. The third kappa shape index (κ3) is 24.8. The number of carbonyl (C=O) groups is 2. The van der Waals surface area contributed by atoms with Crippen LogP contribution < -0.4 is 9.64 Å². The van der Waals surface area contributed by atoms with Gasteiger partial charge in [-0.3, -0.25) is 4.90 Å². The SMILES string of the molecule is C#CCN(CC#C)CCOCCOC(C)(C)C.C#CCN(CC#C)c1ccc(C(=O)OC(C)(C)C)cc1.C#CCOc1ccc(C(=O)OC(C)(C)C)cc1. The van der Waals surface area contributed by atoms with E-state index in [4.69, 9.17) is 55.8 Å². The first kappa shape index (κ1) is 48.7. The van der Waals surface area contributed by atoms with Crippen molar-refractivity contribution >= 4 is 17.6 Å². The summed E-state index contributed by atoms with van der Waals surface area (Å²) in [6.07, 6.45) is 26.2. The van der Waals surface area contributed by atoms with Crippen LogP contribution >= 0.6 is 0 Å². The number of hydrogen-bond donors (Lipinski definition) is 0. The molecule has 0 saturated heterocycles. The molecule has 0 saturated carbocycles. The molecule has 2 aromatic carbocycles. The molecule has 0 radical (unpaired) electrons. The maximum Gasteiger partial charge on any atom is 0.338 e. The van der Waals surface area contributed by atoms with E-state index in [0.29, 0.717) is 62.9 Å². The molecule has 0 atom stereocenters. The van der Waals surface area contributed by atoms with E-state index in [1.54, 1.807) is 36.4 Å². The van der Waals surface area contributed by atoms with Crippen LogP contribution in [0.3, 0.4) is 0 Å². The van der Waals surface area contributed by atoms with Crippen molar-refractivity contribution in [3.63, 3.8) is 0 Å². The zero-order valence-electron chi connectivity index (χ0n) is 33.6. The van der Waals surface area contributed by atoms with E-state index in [2.05, 4.69) is 29.6 Å². The van der Waals surface area contributed by atoms with Gasteiger partial charge in [-0.1, -0.05) is 29.6 Å². The molecule has 0 unspecified atom stereocenters. The largest absolute Gasteiger partial charge is 0.481 e. The summed E-state index contributed by atoms with van der Waals surface area (Å²) >= 11 is 0. The molecule has 0 amide bonds. The molecule has 0 aliphatic heterocycles. The number of hydrogen-bond acceptors (Lipinski definition) is 9. The van der Waals surface area contributed by atoms with Crippen LogP contribution in [-0.4, -0.2) is 92.8 Å². The van der Waals surface area contributed by atoms with Gasteiger partial charge in [-0.05, 0) is 111 Å². The average molecular weight is 739 g/mol. The Morgan fingerprint density at radius 2 is 1.02 bits per heavy atom. The Morgan fingerprint density at radius 3 is 1.41 bits per heavy atom. The number of anilines is 1. The predicted molar refractivity (Wildman–Crippen MR) is 218 cm³/mol. The molecule has 9 heteroatoms. The number of ether oxygens (including phenoxy) is 5. The predicted octanol–water partition coefficient (Wildman–Crippen LogP) is 6.76. The van der Waals surface area contributed by atoms with Crippen molar-refractivity contribution in [1.82, 2.24) is 4.90 Å². The number of terminal acetylenes is 5. The van der Waals surface area contributed by atoms with Crippen molar-refractivity contribution in [3.8, 4) is 67.5 Å². The van der Waals surface area contributed by atoms with Gasteiger partial charge in [0.1, 0.15) is 23.6 Å². The molecule has 9 nitrogen and oxygen atoms in total. The standard InChI is InChI=1S/C17H19NO2.C14H23NO2.C14H16O3/c1-6-12-18(13-7-2)15-10-8-14(9-11-15)16(19)20-17(3,4)5;1-6-8-15(9-7-2)10-11-16-12-13-17-14(3,4)5;1-5-10-16-12-8-6-11(7-9-12)13(15)17-14(2,3)4/h1-2,8-11H,12-13H2,3-5H3;1-2H,8-13H2,3-5H3;1,6-9H,10H2,2-4H3. The summed E-state index contributed by atoms with van der Waals surface area (Å²) < 4.78 is 26.7. The van der Waals surface area contributed by atoms with E-state index in [1.807, 2.05) is 84.2 Å². The fourth-order valence-electron chi connectivity index (χ4n) is 3.93. The second-order valence-electron chi connectivity index (χ2n) is 14.5. The summed E-state index contributed by atoms with van der Waals surface area (Å²) in [6.45, 7) is 21.8. The summed E-state index contributed by atoms with van der Waals surface area (Å²) in [6, 6.07) is 13.7. The molecule has 290 valence electrons. The van der Waals surface area contributed by atoms with Gasteiger partial charge in [-0.15, -0.1) is 32.1 Å². The number of nitrogens with zero attached hydrogens (tertiary/aromatic N) is 2. The minimum atomic E-state index is -0.505. The molecule has 2 rings (SSSR count). The number of rotatable bonds is 15. The highest BCUT2D eigenvalue weighted by Crippen LogP contribution is 2.18. The topological polar surface area (TPSA) is 86.8 Å². The fraction of sp³-hybridized carbons (Fsp3) is 0.467. The van der Waals surface area contributed by atoms with E-state index >= 15 is 0 Å².